The maximum absolute atomic E-state index is 13.3. The van der Waals surface area contributed by atoms with Crippen molar-refractivity contribution in [1.29, 1.82) is 0 Å². The number of benzene rings is 1. The zero-order valence-corrected chi connectivity index (χ0v) is 18.7. The van der Waals surface area contributed by atoms with Gasteiger partial charge in [-0.15, -0.1) is 6.58 Å². The second-order valence-corrected chi connectivity index (χ2v) is 8.22. The summed E-state index contributed by atoms with van der Waals surface area (Å²) in [6, 6.07) is 11.7. The third kappa shape index (κ3) is 4.90. The summed E-state index contributed by atoms with van der Waals surface area (Å²) in [5.74, 6) is -0.558. The lowest BCUT2D eigenvalue weighted by Gasteiger charge is -2.33. The molecule has 0 bridgehead atoms. The van der Waals surface area contributed by atoms with E-state index in [0.29, 0.717) is 34.8 Å². The molecule has 2 N–H and O–H groups in total. The fourth-order valence-electron chi connectivity index (χ4n) is 4.04. The molecule has 0 radical (unpaired) electrons. The molecule has 2 aliphatic heterocycles. The fourth-order valence-corrected chi connectivity index (χ4v) is 4.24. The van der Waals surface area contributed by atoms with Crippen molar-refractivity contribution in [3.63, 3.8) is 0 Å². The number of nitrogens with one attached hydrogen (secondary N) is 2. The first-order valence-corrected chi connectivity index (χ1v) is 11.0. The van der Waals surface area contributed by atoms with Gasteiger partial charge in [0.1, 0.15) is 6.54 Å². The van der Waals surface area contributed by atoms with E-state index in [1.54, 1.807) is 30.5 Å². The lowest BCUT2D eigenvalue weighted by atomic mass is 9.95. The van der Waals surface area contributed by atoms with Crippen LogP contribution in [0.3, 0.4) is 0 Å². The maximum atomic E-state index is 13.3. The third-order valence-electron chi connectivity index (χ3n) is 5.55. The van der Waals surface area contributed by atoms with Gasteiger partial charge in [-0.05, 0) is 29.8 Å². The van der Waals surface area contributed by atoms with Gasteiger partial charge in [0.2, 0.25) is 5.91 Å². The van der Waals surface area contributed by atoms with Gasteiger partial charge in [0.05, 0.1) is 23.9 Å². The molecule has 1 atom stereocenters. The van der Waals surface area contributed by atoms with Gasteiger partial charge in [-0.1, -0.05) is 35.9 Å². The lowest BCUT2D eigenvalue weighted by molar-refractivity contribution is -0.131. The monoisotopic (exact) mass is 465 g/mol. The van der Waals surface area contributed by atoms with Crippen molar-refractivity contribution in [2.45, 2.75) is 12.5 Å². The summed E-state index contributed by atoms with van der Waals surface area (Å²) in [6.07, 6.45) is 3.90. The molecular weight excluding hydrogens is 442 g/mol. The maximum Gasteiger partial charge on any atom is 0.322 e. The van der Waals surface area contributed by atoms with Crippen molar-refractivity contribution in [1.82, 2.24) is 25.4 Å². The summed E-state index contributed by atoms with van der Waals surface area (Å²) in [6.45, 7) is 4.44. The van der Waals surface area contributed by atoms with Crippen LogP contribution in [0.2, 0.25) is 5.02 Å². The molecule has 2 aromatic rings. The molecule has 170 valence electrons. The third-order valence-corrected chi connectivity index (χ3v) is 5.79. The Morgan fingerprint density at radius 1 is 1.27 bits per heavy atom. The molecule has 1 unspecified atom stereocenters. The number of rotatable bonds is 8. The number of carbonyl (C=O) groups excluding carboxylic acids is 3. The standard InChI is InChI=1S/C24H24ClN5O3/c1-2-12-30-19-14-29(15-20(31)27-11-9-18-8-3-4-10-26-18)23(32)21(19)22(28-24(30)33)16-6-5-7-17(25)13-16/h2-8,10,13,22H,1,9,11-12,14-15H2,(H,27,31)(H,28,33). The number of aromatic nitrogens is 1. The summed E-state index contributed by atoms with van der Waals surface area (Å²) < 4.78 is 0. The van der Waals surface area contributed by atoms with E-state index in [1.165, 1.54) is 9.80 Å². The van der Waals surface area contributed by atoms with Crippen LogP contribution < -0.4 is 10.6 Å². The second-order valence-electron chi connectivity index (χ2n) is 7.78. The van der Waals surface area contributed by atoms with Crippen LogP contribution in [0.1, 0.15) is 17.3 Å². The summed E-state index contributed by atoms with van der Waals surface area (Å²) in [7, 11) is 0. The molecular formula is C24H24ClN5O3. The minimum atomic E-state index is -0.642. The minimum Gasteiger partial charge on any atom is -0.354 e. The molecule has 0 saturated heterocycles. The van der Waals surface area contributed by atoms with Crippen LogP contribution in [0.5, 0.6) is 0 Å². The summed E-state index contributed by atoms with van der Waals surface area (Å²) in [5, 5.41) is 6.23. The van der Waals surface area contributed by atoms with Gasteiger partial charge in [-0.25, -0.2) is 4.79 Å². The number of halogens is 1. The van der Waals surface area contributed by atoms with Crippen molar-refractivity contribution in [2.24, 2.45) is 0 Å². The molecule has 8 nitrogen and oxygen atoms in total. The van der Waals surface area contributed by atoms with E-state index < -0.39 is 6.04 Å². The smallest absolute Gasteiger partial charge is 0.322 e. The summed E-state index contributed by atoms with van der Waals surface area (Å²) >= 11 is 6.14. The van der Waals surface area contributed by atoms with E-state index in [9.17, 15) is 14.4 Å². The number of amides is 4. The summed E-state index contributed by atoms with van der Waals surface area (Å²) in [4.78, 5) is 45.8. The molecule has 0 aliphatic carbocycles. The number of urea groups is 1. The van der Waals surface area contributed by atoms with Crippen LogP contribution in [-0.4, -0.2) is 58.8 Å². The molecule has 0 spiro atoms. The second kappa shape index (κ2) is 9.87. The van der Waals surface area contributed by atoms with Gasteiger partial charge in [-0.2, -0.15) is 0 Å². The van der Waals surface area contributed by atoms with Crippen LogP contribution in [0.25, 0.3) is 0 Å². The molecule has 1 aromatic carbocycles. The number of pyridine rings is 1. The van der Waals surface area contributed by atoms with Crippen LogP contribution >= 0.6 is 11.6 Å². The first-order valence-electron chi connectivity index (χ1n) is 10.6. The van der Waals surface area contributed by atoms with E-state index in [4.69, 9.17) is 11.6 Å². The van der Waals surface area contributed by atoms with Gasteiger partial charge in [0.15, 0.2) is 0 Å². The Kier molecular flexibility index (Phi) is 6.74. The number of hydrogen-bond acceptors (Lipinski definition) is 4. The highest BCUT2D eigenvalue weighted by Gasteiger charge is 2.44. The Bertz CT molecular complexity index is 1120. The van der Waals surface area contributed by atoms with E-state index in [-0.39, 0.29) is 37.5 Å². The van der Waals surface area contributed by atoms with Crippen LogP contribution in [-0.2, 0) is 16.0 Å². The van der Waals surface area contributed by atoms with Gasteiger partial charge in [0.25, 0.3) is 5.91 Å². The molecule has 0 fully saturated rings. The van der Waals surface area contributed by atoms with Crippen molar-refractivity contribution in [3.05, 3.63) is 88.9 Å². The highest BCUT2D eigenvalue weighted by atomic mass is 35.5. The molecule has 2 aliphatic rings. The predicted molar refractivity (Wildman–Crippen MR) is 124 cm³/mol. The van der Waals surface area contributed by atoms with E-state index in [2.05, 4.69) is 22.2 Å². The molecule has 4 amide bonds. The largest absolute Gasteiger partial charge is 0.354 e. The van der Waals surface area contributed by atoms with Gasteiger partial charge in [0, 0.05) is 36.4 Å². The van der Waals surface area contributed by atoms with Crippen LogP contribution in [0.15, 0.2) is 72.6 Å². The van der Waals surface area contributed by atoms with Crippen LogP contribution in [0, 0.1) is 0 Å². The van der Waals surface area contributed by atoms with Gasteiger partial charge in [-0.3, -0.25) is 19.5 Å². The minimum absolute atomic E-state index is 0.105. The molecule has 1 aromatic heterocycles. The number of hydrogen-bond donors (Lipinski definition) is 2. The van der Waals surface area contributed by atoms with Crippen molar-refractivity contribution < 1.29 is 14.4 Å². The van der Waals surface area contributed by atoms with Crippen molar-refractivity contribution in [3.8, 4) is 0 Å². The van der Waals surface area contributed by atoms with Crippen LogP contribution in [0.4, 0.5) is 4.79 Å². The van der Waals surface area contributed by atoms with E-state index >= 15 is 0 Å². The zero-order valence-electron chi connectivity index (χ0n) is 18.0. The average molecular weight is 466 g/mol. The highest BCUT2D eigenvalue weighted by Crippen LogP contribution is 2.36. The highest BCUT2D eigenvalue weighted by molar-refractivity contribution is 6.30. The molecule has 3 heterocycles. The summed E-state index contributed by atoms with van der Waals surface area (Å²) in [5.41, 5.74) is 2.60. The van der Waals surface area contributed by atoms with Crippen molar-refractivity contribution in [2.75, 3.05) is 26.2 Å². The lowest BCUT2D eigenvalue weighted by Crippen LogP contribution is -2.47. The Morgan fingerprint density at radius 3 is 2.85 bits per heavy atom. The molecule has 9 heteroatoms. The quantitative estimate of drug-likeness (QED) is 0.585. The average Bonchev–Trinajstić information content (AvgIpc) is 3.12. The Hall–Kier alpha value is -3.65. The first-order chi connectivity index (χ1) is 16.0. The Morgan fingerprint density at radius 2 is 2.12 bits per heavy atom. The SMILES string of the molecule is C=CCN1C(=O)NC(c2cccc(Cl)c2)C2=C1CN(CC(=O)NCCc1ccccn1)C2=O. The van der Waals surface area contributed by atoms with E-state index in [1.807, 2.05) is 24.3 Å². The van der Waals surface area contributed by atoms with Gasteiger partial charge >= 0.3 is 6.03 Å². The number of nitrogens with zero attached hydrogens (tertiary/aromatic N) is 3. The molecule has 33 heavy (non-hydrogen) atoms. The molecule has 4 rings (SSSR count). The molecule has 0 saturated carbocycles. The zero-order chi connectivity index (χ0) is 23.4. The Balaban J connectivity index is 1.48. The normalized spacial score (nSPS) is 17.7. The predicted octanol–water partition coefficient (Wildman–Crippen LogP) is 2.44. The number of carbonyl (C=O) groups is 3. The Labute approximate surface area is 196 Å². The first kappa shape index (κ1) is 22.5. The topological polar surface area (TPSA) is 94.6 Å². The fraction of sp³-hybridized carbons (Fsp3) is 0.250. The van der Waals surface area contributed by atoms with Gasteiger partial charge < -0.3 is 15.5 Å². The van der Waals surface area contributed by atoms with E-state index in [0.717, 1.165) is 5.69 Å². The van der Waals surface area contributed by atoms with Crippen molar-refractivity contribution >= 4 is 29.4 Å².